The van der Waals surface area contributed by atoms with Crippen LogP contribution in [0, 0.1) is 0 Å². The van der Waals surface area contributed by atoms with Gasteiger partial charge in [0.15, 0.2) is 0 Å². The van der Waals surface area contributed by atoms with Gasteiger partial charge in [0.1, 0.15) is 0 Å². The monoisotopic (exact) mass is 584 g/mol. The van der Waals surface area contributed by atoms with Gasteiger partial charge in [-0.2, -0.15) is 0 Å². The number of unbranched alkanes of at least 4 members (excludes halogenated alkanes) is 22. The quantitative estimate of drug-likeness (QED) is 0.0686. The molecule has 4 nitrogen and oxygen atoms in total. The lowest BCUT2D eigenvalue weighted by molar-refractivity contribution is -0.0337. The van der Waals surface area contributed by atoms with E-state index in [-0.39, 0.29) is 6.10 Å². The summed E-state index contributed by atoms with van der Waals surface area (Å²) >= 11 is 0. The van der Waals surface area contributed by atoms with Crippen LogP contribution in [0.15, 0.2) is 0 Å². The largest absolute Gasteiger partial charge is 0.380 e. The van der Waals surface area contributed by atoms with Gasteiger partial charge in [0.25, 0.3) is 0 Å². The number of hydrogen-bond donors (Lipinski definition) is 0. The van der Waals surface area contributed by atoms with Gasteiger partial charge in [-0.15, -0.1) is 0 Å². The Bertz CT molecular complexity index is 461. The second-order valence-corrected chi connectivity index (χ2v) is 12.7. The first kappa shape index (κ1) is 40.8. The maximum absolute atomic E-state index is 6.34. The van der Waals surface area contributed by atoms with Crippen molar-refractivity contribution in [3.63, 3.8) is 0 Å². The third-order valence-electron chi connectivity index (χ3n) is 8.28. The van der Waals surface area contributed by atoms with Crippen LogP contribution < -0.4 is 0 Å². The van der Waals surface area contributed by atoms with Gasteiger partial charge in [0, 0.05) is 32.9 Å². The van der Waals surface area contributed by atoms with Crippen molar-refractivity contribution in [1.29, 1.82) is 0 Å². The Morgan fingerprint density at radius 2 is 0.829 bits per heavy atom. The highest BCUT2D eigenvalue weighted by molar-refractivity contribution is 4.64. The number of hydrogen-bond acceptors (Lipinski definition) is 4. The summed E-state index contributed by atoms with van der Waals surface area (Å²) in [5.74, 6) is 0. The number of ether oxygens (including phenoxy) is 3. The molecule has 0 N–H and O–H groups in total. The van der Waals surface area contributed by atoms with Crippen LogP contribution in [0.2, 0.25) is 0 Å². The Kier molecular flexibility index (Phi) is 35.9. The molecule has 1 unspecified atom stereocenters. The summed E-state index contributed by atoms with van der Waals surface area (Å²) in [6.07, 6.45) is 34.4. The van der Waals surface area contributed by atoms with Gasteiger partial charge in [-0.25, -0.2) is 0 Å². The van der Waals surface area contributed by atoms with Crippen LogP contribution in [0.3, 0.4) is 0 Å². The van der Waals surface area contributed by atoms with E-state index in [0.29, 0.717) is 0 Å². The lowest BCUT2D eigenvalue weighted by Crippen LogP contribution is -2.36. The van der Waals surface area contributed by atoms with Gasteiger partial charge in [0.2, 0.25) is 0 Å². The van der Waals surface area contributed by atoms with Crippen LogP contribution in [0.1, 0.15) is 181 Å². The van der Waals surface area contributed by atoms with E-state index in [1.807, 2.05) is 0 Å². The van der Waals surface area contributed by atoms with Crippen LogP contribution in [-0.4, -0.2) is 64.2 Å². The van der Waals surface area contributed by atoms with Gasteiger partial charge in [0.05, 0.1) is 19.3 Å². The Hall–Kier alpha value is -0.160. The fourth-order valence-corrected chi connectivity index (χ4v) is 5.51. The van der Waals surface area contributed by atoms with Crippen LogP contribution in [0.25, 0.3) is 0 Å². The number of nitrogens with zero attached hydrogens (tertiary/aromatic N) is 1. The molecule has 0 aromatic carbocycles. The molecule has 0 amide bonds. The molecule has 0 aliphatic heterocycles. The average Bonchev–Trinajstić information content (AvgIpc) is 2.97. The molecule has 0 aromatic rings. The molecule has 0 bridgehead atoms. The van der Waals surface area contributed by atoms with Crippen molar-refractivity contribution in [3.05, 3.63) is 0 Å². The maximum atomic E-state index is 6.34. The first-order valence-electron chi connectivity index (χ1n) is 18.7. The lowest BCUT2D eigenvalue weighted by Gasteiger charge is -2.24. The normalized spacial score (nSPS) is 12.5. The standard InChI is InChI=1S/C37H77NO3/c1-5-8-10-12-14-16-18-20-22-24-26-28-32-40-36-37(35-38(4)30-34-39-31-7-3)41-33-29-27-25-23-21-19-17-15-13-11-9-6-2/h37H,5-36H2,1-4H3. The molecule has 0 saturated carbocycles. The number of likely N-dealkylation sites (N-methyl/N-ethyl adjacent to an activating group) is 1. The summed E-state index contributed by atoms with van der Waals surface area (Å²) in [5.41, 5.74) is 0. The molecule has 0 heterocycles. The summed E-state index contributed by atoms with van der Waals surface area (Å²) in [5, 5.41) is 0. The van der Waals surface area contributed by atoms with Gasteiger partial charge < -0.3 is 19.1 Å². The molecular formula is C37H77NO3. The van der Waals surface area contributed by atoms with E-state index in [1.54, 1.807) is 0 Å². The summed E-state index contributed by atoms with van der Waals surface area (Å²) in [6, 6.07) is 0. The predicted octanol–water partition coefficient (Wildman–Crippen LogP) is 11.1. The van der Waals surface area contributed by atoms with Crippen LogP contribution in [0.5, 0.6) is 0 Å². The van der Waals surface area contributed by atoms with Crippen LogP contribution in [-0.2, 0) is 14.2 Å². The molecule has 0 fully saturated rings. The van der Waals surface area contributed by atoms with Crippen molar-refractivity contribution in [2.24, 2.45) is 0 Å². The zero-order chi connectivity index (χ0) is 29.9. The molecule has 0 rings (SSSR count). The third kappa shape index (κ3) is 34.2. The van der Waals surface area contributed by atoms with Crippen LogP contribution in [0.4, 0.5) is 0 Å². The fraction of sp³-hybridized carbons (Fsp3) is 1.00. The minimum absolute atomic E-state index is 0.163. The molecule has 0 spiro atoms. The second kappa shape index (κ2) is 36.0. The molecular weight excluding hydrogens is 506 g/mol. The maximum Gasteiger partial charge on any atom is 0.0934 e. The molecule has 41 heavy (non-hydrogen) atoms. The average molecular weight is 584 g/mol. The Morgan fingerprint density at radius 1 is 0.415 bits per heavy atom. The van der Waals surface area contributed by atoms with E-state index in [2.05, 4.69) is 32.7 Å². The minimum atomic E-state index is 0.163. The van der Waals surface area contributed by atoms with Gasteiger partial charge in [-0.1, -0.05) is 162 Å². The summed E-state index contributed by atoms with van der Waals surface area (Å²) in [4.78, 5) is 2.34. The first-order chi connectivity index (χ1) is 20.2. The van der Waals surface area contributed by atoms with Crippen molar-refractivity contribution in [2.45, 2.75) is 187 Å². The van der Waals surface area contributed by atoms with Crippen molar-refractivity contribution >= 4 is 0 Å². The Balaban J connectivity index is 3.88. The highest BCUT2D eigenvalue weighted by Crippen LogP contribution is 2.13. The van der Waals surface area contributed by atoms with Gasteiger partial charge in [-0.05, 0) is 26.3 Å². The molecule has 4 heteroatoms. The van der Waals surface area contributed by atoms with Crippen molar-refractivity contribution in [1.82, 2.24) is 4.90 Å². The van der Waals surface area contributed by atoms with E-state index in [0.717, 1.165) is 52.5 Å². The third-order valence-corrected chi connectivity index (χ3v) is 8.28. The number of rotatable bonds is 36. The molecule has 0 aliphatic carbocycles. The highest BCUT2D eigenvalue weighted by Gasteiger charge is 2.13. The molecule has 1 atom stereocenters. The highest BCUT2D eigenvalue weighted by atomic mass is 16.5. The Morgan fingerprint density at radius 3 is 1.27 bits per heavy atom. The van der Waals surface area contributed by atoms with Crippen molar-refractivity contribution in [3.8, 4) is 0 Å². The zero-order valence-electron chi connectivity index (χ0n) is 28.9. The predicted molar refractivity (Wildman–Crippen MR) is 181 cm³/mol. The molecule has 0 aromatic heterocycles. The van der Waals surface area contributed by atoms with Crippen molar-refractivity contribution < 1.29 is 14.2 Å². The summed E-state index contributed by atoms with van der Waals surface area (Å²) < 4.78 is 18.1. The van der Waals surface area contributed by atoms with E-state index in [4.69, 9.17) is 14.2 Å². The van der Waals surface area contributed by atoms with Gasteiger partial charge in [-0.3, -0.25) is 0 Å². The second-order valence-electron chi connectivity index (χ2n) is 12.7. The molecule has 0 saturated heterocycles. The van der Waals surface area contributed by atoms with E-state index in [9.17, 15) is 0 Å². The fourth-order valence-electron chi connectivity index (χ4n) is 5.51. The van der Waals surface area contributed by atoms with Gasteiger partial charge >= 0.3 is 0 Å². The molecule has 0 radical (unpaired) electrons. The molecule has 248 valence electrons. The SMILES string of the molecule is CCCCCCCCCCCCCCOCC(CN(C)CCOCCC)OCCCCCCCCCCCCCC. The summed E-state index contributed by atoms with van der Waals surface area (Å²) in [7, 11) is 2.18. The van der Waals surface area contributed by atoms with Crippen LogP contribution >= 0.6 is 0 Å². The van der Waals surface area contributed by atoms with E-state index < -0.39 is 0 Å². The molecule has 0 aliphatic rings. The van der Waals surface area contributed by atoms with E-state index >= 15 is 0 Å². The minimum Gasteiger partial charge on any atom is -0.380 e. The summed E-state index contributed by atoms with van der Waals surface area (Å²) in [6.45, 7) is 12.7. The Labute approximate surface area is 259 Å². The first-order valence-corrected chi connectivity index (χ1v) is 18.7. The topological polar surface area (TPSA) is 30.9 Å². The zero-order valence-corrected chi connectivity index (χ0v) is 28.9. The smallest absolute Gasteiger partial charge is 0.0934 e. The lowest BCUT2D eigenvalue weighted by atomic mass is 10.1. The van der Waals surface area contributed by atoms with Crippen molar-refractivity contribution in [2.75, 3.05) is 53.2 Å². The van der Waals surface area contributed by atoms with E-state index in [1.165, 1.54) is 154 Å².